The lowest BCUT2D eigenvalue weighted by molar-refractivity contribution is -0.229. The standard InChI is InChI=1S/C32H54O3/c1-21(2)11-10-17-32(9,34)24-14-19-30(7)23(24)12-13-26-29(6)18-16-27(35-22(3)33)28(4,5)25(29)15-20-31(26,30)8/h11,23-27,34H,10,12-20H2,1-9H3/t23-,24+,25+,26-,27+,29+,30-,31-,32+/m1/s1. The lowest BCUT2D eigenvalue weighted by Gasteiger charge is -2.70. The highest BCUT2D eigenvalue weighted by Gasteiger charge is 2.69. The lowest BCUT2D eigenvalue weighted by Crippen LogP contribution is -2.64. The van der Waals surface area contributed by atoms with E-state index in [2.05, 4.69) is 61.5 Å². The maximum atomic E-state index is 11.9. The van der Waals surface area contributed by atoms with Crippen LogP contribution in [0.3, 0.4) is 0 Å². The van der Waals surface area contributed by atoms with Crippen LogP contribution in [0.4, 0.5) is 0 Å². The number of allylic oxidation sites excluding steroid dienone is 2. The Morgan fingerprint density at radius 1 is 0.914 bits per heavy atom. The van der Waals surface area contributed by atoms with Crippen LogP contribution in [0.1, 0.15) is 127 Å². The van der Waals surface area contributed by atoms with Gasteiger partial charge in [0, 0.05) is 12.3 Å². The predicted octanol–water partition coefficient (Wildman–Crippen LogP) is 8.10. The topological polar surface area (TPSA) is 46.5 Å². The first-order valence-electron chi connectivity index (χ1n) is 14.6. The van der Waals surface area contributed by atoms with Crippen molar-refractivity contribution in [3.8, 4) is 0 Å². The molecule has 3 nitrogen and oxygen atoms in total. The fourth-order valence-electron chi connectivity index (χ4n) is 10.7. The number of hydrogen-bond acceptors (Lipinski definition) is 3. The molecule has 4 fully saturated rings. The third kappa shape index (κ3) is 4.15. The molecule has 0 bridgehead atoms. The van der Waals surface area contributed by atoms with Crippen LogP contribution in [0, 0.1) is 45.3 Å². The SMILES string of the molecule is CC(=O)O[C@H]1CC[C@]2(C)[C@H]3CC[C@@H]4[C@@H]([C@@](C)(O)CCC=C(C)C)CC[C@@]4(C)[C@]3(C)CC[C@H]2C1(C)C. The molecular weight excluding hydrogens is 432 g/mol. The van der Waals surface area contributed by atoms with Crippen LogP contribution in [0.2, 0.25) is 0 Å². The summed E-state index contributed by atoms with van der Waals surface area (Å²) in [5, 5.41) is 11.7. The fourth-order valence-corrected chi connectivity index (χ4v) is 10.7. The Hall–Kier alpha value is -0.830. The smallest absolute Gasteiger partial charge is 0.302 e. The number of carbonyl (C=O) groups excluding carboxylic acids is 1. The molecule has 4 aliphatic rings. The first-order chi connectivity index (χ1) is 16.1. The second kappa shape index (κ2) is 8.88. The van der Waals surface area contributed by atoms with E-state index in [1.165, 1.54) is 50.5 Å². The monoisotopic (exact) mass is 486 g/mol. The first kappa shape index (κ1) is 27.2. The molecule has 0 radical (unpaired) electrons. The number of hydrogen-bond donors (Lipinski definition) is 1. The minimum atomic E-state index is -0.581. The summed E-state index contributed by atoms with van der Waals surface area (Å²) in [6, 6.07) is 0. The van der Waals surface area contributed by atoms with E-state index < -0.39 is 5.60 Å². The summed E-state index contributed by atoms with van der Waals surface area (Å²) < 4.78 is 5.88. The third-order valence-electron chi connectivity index (χ3n) is 12.6. The van der Waals surface area contributed by atoms with E-state index in [0.717, 1.165) is 19.3 Å². The molecule has 0 aromatic heterocycles. The first-order valence-corrected chi connectivity index (χ1v) is 14.6. The Morgan fingerprint density at radius 2 is 1.57 bits per heavy atom. The van der Waals surface area contributed by atoms with Gasteiger partial charge >= 0.3 is 5.97 Å². The van der Waals surface area contributed by atoms with Crippen molar-refractivity contribution in [2.45, 2.75) is 138 Å². The van der Waals surface area contributed by atoms with Gasteiger partial charge in [-0.15, -0.1) is 0 Å². The van der Waals surface area contributed by atoms with Crippen LogP contribution >= 0.6 is 0 Å². The highest BCUT2D eigenvalue weighted by Crippen LogP contribution is 2.75. The van der Waals surface area contributed by atoms with E-state index in [4.69, 9.17) is 4.74 Å². The number of aliphatic hydroxyl groups is 1. The van der Waals surface area contributed by atoms with E-state index in [9.17, 15) is 9.90 Å². The van der Waals surface area contributed by atoms with Gasteiger partial charge in [0.15, 0.2) is 0 Å². The summed E-state index contributed by atoms with van der Waals surface area (Å²) in [5.41, 5.74) is 1.70. The van der Waals surface area contributed by atoms with Crippen molar-refractivity contribution in [3.05, 3.63) is 11.6 Å². The van der Waals surface area contributed by atoms with Crippen molar-refractivity contribution in [2.75, 3.05) is 0 Å². The van der Waals surface area contributed by atoms with Gasteiger partial charge in [-0.3, -0.25) is 4.79 Å². The molecule has 35 heavy (non-hydrogen) atoms. The second-order valence-corrected chi connectivity index (χ2v) is 14.9. The van der Waals surface area contributed by atoms with Gasteiger partial charge in [-0.2, -0.15) is 0 Å². The summed E-state index contributed by atoms with van der Waals surface area (Å²) in [5.74, 6) is 2.21. The molecule has 200 valence electrons. The molecule has 0 unspecified atom stereocenters. The Bertz CT molecular complexity index is 851. The largest absolute Gasteiger partial charge is 0.462 e. The van der Waals surface area contributed by atoms with Crippen LogP contribution in [-0.2, 0) is 9.53 Å². The molecule has 4 rings (SSSR count). The van der Waals surface area contributed by atoms with Crippen molar-refractivity contribution in [3.63, 3.8) is 0 Å². The van der Waals surface area contributed by atoms with E-state index >= 15 is 0 Å². The molecule has 0 amide bonds. The van der Waals surface area contributed by atoms with Crippen LogP contribution in [0.5, 0.6) is 0 Å². The Balaban J connectivity index is 1.60. The van der Waals surface area contributed by atoms with Gasteiger partial charge in [0.05, 0.1) is 5.60 Å². The Kier molecular flexibility index (Phi) is 6.91. The number of esters is 1. The third-order valence-corrected chi connectivity index (χ3v) is 12.6. The highest BCUT2D eigenvalue weighted by molar-refractivity contribution is 5.66. The van der Waals surface area contributed by atoms with Crippen molar-refractivity contribution < 1.29 is 14.6 Å². The maximum absolute atomic E-state index is 11.9. The molecule has 0 aliphatic heterocycles. The number of fused-ring (bicyclic) bond motifs is 5. The molecule has 4 saturated carbocycles. The summed E-state index contributed by atoms with van der Waals surface area (Å²) in [7, 11) is 0. The van der Waals surface area contributed by atoms with Gasteiger partial charge in [0.25, 0.3) is 0 Å². The summed E-state index contributed by atoms with van der Waals surface area (Å²) in [6.07, 6.45) is 13.8. The highest BCUT2D eigenvalue weighted by atomic mass is 16.5. The average molecular weight is 487 g/mol. The van der Waals surface area contributed by atoms with Crippen molar-refractivity contribution >= 4 is 5.97 Å². The zero-order chi connectivity index (χ0) is 26.0. The van der Waals surface area contributed by atoms with Crippen molar-refractivity contribution in [1.82, 2.24) is 0 Å². The molecular formula is C32H54O3. The van der Waals surface area contributed by atoms with Crippen LogP contribution in [0.15, 0.2) is 11.6 Å². The predicted molar refractivity (Wildman–Crippen MR) is 144 cm³/mol. The van der Waals surface area contributed by atoms with Gasteiger partial charge in [-0.25, -0.2) is 0 Å². The van der Waals surface area contributed by atoms with Crippen LogP contribution in [-0.4, -0.2) is 22.8 Å². The zero-order valence-corrected chi connectivity index (χ0v) is 24.3. The Labute approximate surface area is 215 Å². The molecule has 0 spiro atoms. The van der Waals surface area contributed by atoms with E-state index in [1.807, 2.05) is 0 Å². The second-order valence-electron chi connectivity index (χ2n) is 14.9. The number of ether oxygens (including phenoxy) is 1. The molecule has 0 aromatic rings. The minimum Gasteiger partial charge on any atom is -0.462 e. The molecule has 1 N–H and O–H groups in total. The normalized spacial score (nSPS) is 45.9. The molecule has 0 saturated heterocycles. The van der Waals surface area contributed by atoms with Crippen LogP contribution < -0.4 is 0 Å². The van der Waals surface area contributed by atoms with E-state index in [0.29, 0.717) is 39.9 Å². The maximum Gasteiger partial charge on any atom is 0.302 e. The van der Waals surface area contributed by atoms with Crippen molar-refractivity contribution in [2.24, 2.45) is 45.3 Å². The molecule has 0 aromatic carbocycles. The van der Waals surface area contributed by atoms with Gasteiger partial charge in [-0.1, -0.05) is 46.3 Å². The average Bonchev–Trinajstić information content (AvgIpc) is 3.09. The fraction of sp³-hybridized carbons (Fsp3) is 0.906. The number of rotatable bonds is 5. The van der Waals surface area contributed by atoms with Gasteiger partial charge < -0.3 is 9.84 Å². The quantitative estimate of drug-likeness (QED) is 0.315. The van der Waals surface area contributed by atoms with Gasteiger partial charge in [0.1, 0.15) is 6.10 Å². The molecule has 4 aliphatic carbocycles. The molecule has 3 heteroatoms. The minimum absolute atomic E-state index is 0.0184. The van der Waals surface area contributed by atoms with Crippen molar-refractivity contribution in [1.29, 1.82) is 0 Å². The van der Waals surface area contributed by atoms with Gasteiger partial charge in [-0.05, 0) is 125 Å². The zero-order valence-electron chi connectivity index (χ0n) is 24.3. The summed E-state index contributed by atoms with van der Waals surface area (Å²) in [6.45, 7) is 20.6. The Morgan fingerprint density at radius 3 is 2.20 bits per heavy atom. The lowest BCUT2D eigenvalue weighted by atomic mass is 9.35. The molecule has 0 heterocycles. The van der Waals surface area contributed by atoms with E-state index in [1.54, 1.807) is 6.92 Å². The van der Waals surface area contributed by atoms with Crippen LogP contribution in [0.25, 0.3) is 0 Å². The van der Waals surface area contributed by atoms with E-state index in [-0.39, 0.29) is 17.5 Å². The summed E-state index contributed by atoms with van der Waals surface area (Å²) >= 11 is 0. The van der Waals surface area contributed by atoms with Gasteiger partial charge in [0.2, 0.25) is 0 Å². The molecule has 9 atom stereocenters. The number of carbonyl (C=O) groups is 1. The summed E-state index contributed by atoms with van der Waals surface area (Å²) in [4.78, 5) is 11.9.